The number of hydrogen-bond donors (Lipinski definition) is 2. The van der Waals surface area contributed by atoms with Gasteiger partial charge in [0.1, 0.15) is 11.4 Å². The fraction of sp³-hybridized carbons (Fsp3) is 0.294. The van der Waals surface area contributed by atoms with Crippen molar-refractivity contribution in [2.24, 2.45) is 5.14 Å². The molecule has 10 heteroatoms. The summed E-state index contributed by atoms with van der Waals surface area (Å²) < 4.78 is 28.3. The number of likely N-dealkylation sites (N-methyl/N-ethyl adjacent to an activating group) is 1. The lowest BCUT2D eigenvalue weighted by Crippen LogP contribution is -2.27. The SMILES string of the molecule is COc1ccccc1[C@H](CNc1ccc(S(N)(=O)=O)cc1[N+](=O)[O-])N(C)C. The third kappa shape index (κ3) is 4.94. The molecular formula is C17H22N4O5S. The Morgan fingerprint density at radius 1 is 1.26 bits per heavy atom. The summed E-state index contributed by atoms with van der Waals surface area (Å²) in [5.74, 6) is 0.706. The lowest BCUT2D eigenvalue weighted by Gasteiger charge is -2.27. The number of nitrogens with two attached hydrogens (primary N) is 1. The summed E-state index contributed by atoms with van der Waals surface area (Å²) in [6.07, 6.45) is 0. The summed E-state index contributed by atoms with van der Waals surface area (Å²) in [6, 6.07) is 10.9. The normalized spacial score (nSPS) is 12.6. The van der Waals surface area contributed by atoms with Crippen LogP contribution in [-0.4, -0.2) is 46.0 Å². The van der Waals surface area contributed by atoms with Crippen molar-refractivity contribution in [3.8, 4) is 5.75 Å². The Hall–Kier alpha value is -2.69. The van der Waals surface area contributed by atoms with Gasteiger partial charge < -0.3 is 15.0 Å². The standard InChI is InChI=1S/C17H22N4O5S/c1-20(2)16(13-6-4-5-7-17(13)26-3)11-19-14-9-8-12(27(18,24)25)10-15(14)21(22)23/h4-10,16,19H,11H2,1-3H3,(H2,18,24,25)/t16-/m0/s1. The van der Waals surface area contributed by atoms with Gasteiger partial charge in [-0.05, 0) is 32.3 Å². The van der Waals surface area contributed by atoms with Crippen molar-refractivity contribution >= 4 is 21.4 Å². The molecule has 0 saturated heterocycles. The van der Waals surface area contributed by atoms with Gasteiger partial charge in [-0.2, -0.15) is 0 Å². The van der Waals surface area contributed by atoms with E-state index in [4.69, 9.17) is 9.88 Å². The molecule has 27 heavy (non-hydrogen) atoms. The fourth-order valence-corrected chi connectivity index (χ4v) is 3.24. The van der Waals surface area contributed by atoms with Gasteiger partial charge in [0.15, 0.2) is 0 Å². The molecule has 0 unspecified atom stereocenters. The van der Waals surface area contributed by atoms with E-state index in [-0.39, 0.29) is 22.3 Å². The number of nitrogens with zero attached hydrogens (tertiary/aromatic N) is 2. The molecule has 0 saturated carbocycles. The Balaban J connectivity index is 2.34. The summed E-state index contributed by atoms with van der Waals surface area (Å²) in [5, 5.41) is 19.4. The second-order valence-electron chi connectivity index (χ2n) is 6.08. The van der Waals surface area contributed by atoms with Crippen LogP contribution in [0.2, 0.25) is 0 Å². The van der Waals surface area contributed by atoms with Crippen molar-refractivity contribution in [2.75, 3.05) is 33.1 Å². The largest absolute Gasteiger partial charge is 0.496 e. The number of nitro benzene ring substituents is 1. The molecule has 9 nitrogen and oxygen atoms in total. The van der Waals surface area contributed by atoms with E-state index in [9.17, 15) is 18.5 Å². The Bertz CT molecular complexity index is 931. The van der Waals surface area contributed by atoms with Crippen LogP contribution in [-0.2, 0) is 10.0 Å². The van der Waals surface area contributed by atoms with Crippen LogP contribution in [0.25, 0.3) is 0 Å². The van der Waals surface area contributed by atoms with Gasteiger partial charge in [-0.15, -0.1) is 0 Å². The van der Waals surface area contributed by atoms with Gasteiger partial charge in [-0.1, -0.05) is 18.2 Å². The number of rotatable bonds is 8. The molecule has 0 fully saturated rings. The average Bonchev–Trinajstić information content (AvgIpc) is 2.61. The summed E-state index contributed by atoms with van der Waals surface area (Å²) in [4.78, 5) is 12.3. The van der Waals surface area contributed by atoms with E-state index >= 15 is 0 Å². The summed E-state index contributed by atoms with van der Waals surface area (Å²) >= 11 is 0. The first-order valence-corrected chi connectivity index (χ1v) is 9.54. The molecular weight excluding hydrogens is 372 g/mol. The topological polar surface area (TPSA) is 128 Å². The Morgan fingerprint density at radius 3 is 2.48 bits per heavy atom. The number of primary sulfonamides is 1. The van der Waals surface area contributed by atoms with Crippen molar-refractivity contribution in [1.29, 1.82) is 0 Å². The molecule has 0 heterocycles. The highest BCUT2D eigenvalue weighted by Crippen LogP contribution is 2.31. The van der Waals surface area contributed by atoms with Crippen molar-refractivity contribution in [3.63, 3.8) is 0 Å². The van der Waals surface area contributed by atoms with Crippen LogP contribution in [0.3, 0.4) is 0 Å². The highest BCUT2D eigenvalue weighted by molar-refractivity contribution is 7.89. The molecule has 0 spiro atoms. The highest BCUT2D eigenvalue weighted by Gasteiger charge is 2.22. The monoisotopic (exact) mass is 394 g/mol. The van der Waals surface area contributed by atoms with Gasteiger partial charge >= 0.3 is 0 Å². The van der Waals surface area contributed by atoms with Gasteiger partial charge in [0.05, 0.1) is 23.0 Å². The summed E-state index contributed by atoms with van der Waals surface area (Å²) in [5.41, 5.74) is 0.759. The molecule has 2 rings (SSSR count). The number of sulfonamides is 1. The second kappa shape index (κ2) is 8.33. The minimum absolute atomic E-state index is 0.140. The number of anilines is 1. The molecule has 146 valence electrons. The predicted octanol–water partition coefficient (Wildman–Crippen LogP) is 1.97. The van der Waals surface area contributed by atoms with E-state index in [1.54, 1.807) is 7.11 Å². The van der Waals surface area contributed by atoms with E-state index in [1.807, 2.05) is 43.3 Å². The summed E-state index contributed by atoms with van der Waals surface area (Å²) in [6.45, 7) is 0.336. The number of nitro groups is 1. The molecule has 0 aliphatic heterocycles. The first-order valence-electron chi connectivity index (χ1n) is 7.99. The Kier molecular flexibility index (Phi) is 6.37. The van der Waals surface area contributed by atoms with E-state index in [0.29, 0.717) is 12.3 Å². The van der Waals surface area contributed by atoms with Crippen LogP contribution in [0.5, 0.6) is 5.75 Å². The average molecular weight is 394 g/mol. The number of hydrogen-bond acceptors (Lipinski definition) is 7. The molecule has 0 amide bonds. The third-order valence-electron chi connectivity index (χ3n) is 4.10. The van der Waals surface area contributed by atoms with Crippen LogP contribution in [0.1, 0.15) is 11.6 Å². The molecule has 2 aromatic rings. The van der Waals surface area contributed by atoms with Crippen LogP contribution in [0, 0.1) is 10.1 Å². The molecule has 0 aliphatic rings. The maximum Gasteiger partial charge on any atom is 0.293 e. The van der Waals surface area contributed by atoms with E-state index < -0.39 is 14.9 Å². The fourth-order valence-electron chi connectivity index (χ4n) is 2.71. The molecule has 3 N–H and O–H groups in total. The zero-order valence-electron chi connectivity index (χ0n) is 15.2. The number of methoxy groups -OCH3 is 1. The zero-order valence-corrected chi connectivity index (χ0v) is 16.1. The minimum Gasteiger partial charge on any atom is -0.496 e. The molecule has 0 radical (unpaired) electrons. The first kappa shape index (κ1) is 20.6. The number of ether oxygens (including phenoxy) is 1. The molecule has 2 aromatic carbocycles. The van der Waals surface area contributed by atoms with Gasteiger partial charge in [0.2, 0.25) is 10.0 Å². The first-order chi connectivity index (χ1) is 12.6. The predicted molar refractivity (Wildman–Crippen MR) is 102 cm³/mol. The third-order valence-corrected chi connectivity index (χ3v) is 5.01. The van der Waals surface area contributed by atoms with Crippen LogP contribution >= 0.6 is 0 Å². The van der Waals surface area contributed by atoms with E-state index in [0.717, 1.165) is 11.6 Å². The van der Waals surface area contributed by atoms with Gasteiger partial charge in [0, 0.05) is 18.2 Å². The van der Waals surface area contributed by atoms with Crippen molar-refractivity contribution < 1.29 is 18.1 Å². The van der Waals surface area contributed by atoms with Crippen LogP contribution in [0.15, 0.2) is 47.4 Å². The smallest absolute Gasteiger partial charge is 0.293 e. The quantitative estimate of drug-likeness (QED) is 0.517. The highest BCUT2D eigenvalue weighted by atomic mass is 32.2. The number of benzene rings is 2. The molecule has 1 atom stereocenters. The molecule has 0 aromatic heterocycles. The maximum absolute atomic E-state index is 11.4. The molecule has 0 bridgehead atoms. The van der Waals surface area contributed by atoms with E-state index in [1.165, 1.54) is 12.1 Å². The van der Waals surface area contributed by atoms with Crippen LogP contribution in [0.4, 0.5) is 11.4 Å². The maximum atomic E-state index is 11.4. The van der Waals surface area contributed by atoms with Crippen molar-refractivity contribution in [3.05, 3.63) is 58.1 Å². The minimum atomic E-state index is -4.03. The van der Waals surface area contributed by atoms with E-state index in [2.05, 4.69) is 5.32 Å². The zero-order chi connectivity index (χ0) is 20.2. The second-order valence-corrected chi connectivity index (χ2v) is 7.64. The lowest BCUT2D eigenvalue weighted by atomic mass is 10.0. The van der Waals surface area contributed by atoms with Crippen molar-refractivity contribution in [1.82, 2.24) is 4.90 Å². The lowest BCUT2D eigenvalue weighted by molar-refractivity contribution is -0.384. The summed E-state index contributed by atoms with van der Waals surface area (Å²) in [7, 11) is 1.32. The number of para-hydroxylation sites is 1. The Morgan fingerprint density at radius 2 is 1.93 bits per heavy atom. The van der Waals surface area contributed by atoms with Gasteiger partial charge in [0.25, 0.3) is 5.69 Å². The Labute approximate surface area is 157 Å². The molecule has 0 aliphatic carbocycles. The van der Waals surface area contributed by atoms with Gasteiger partial charge in [-0.3, -0.25) is 10.1 Å². The van der Waals surface area contributed by atoms with Gasteiger partial charge in [-0.25, -0.2) is 13.6 Å². The van der Waals surface area contributed by atoms with Crippen molar-refractivity contribution in [2.45, 2.75) is 10.9 Å². The number of nitrogens with one attached hydrogen (secondary N) is 1. The van der Waals surface area contributed by atoms with Crippen LogP contribution < -0.4 is 15.2 Å².